The van der Waals surface area contributed by atoms with E-state index in [1.54, 1.807) is 65.9 Å². The van der Waals surface area contributed by atoms with Gasteiger partial charge >= 0.3 is 5.91 Å². The Labute approximate surface area is 798 Å². The zero-order chi connectivity index (χ0) is 97.4. The summed E-state index contributed by atoms with van der Waals surface area (Å²) in [6.45, 7) is 2.53. The normalized spacial score (nSPS) is 15.6. The fraction of sp³-hybridized carbons (Fsp3) is 0.315. The van der Waals surface area contributed by atoms with Crippen LogP contribution in [-0.4, -0.2) is 239 Å². The molecule has 0 aliphatic carbocycles. The molecule has 0 bridgehead atoms. The van der Waals surface area contributed by atoms with Crippen LogP contribution in [0.2, 0.25) is 0 Å². The Hall–Kier alpha value is -12.2. The maximum Gasteiger partial charge on any atom is 0.307 e. The van der Waals surface area contributed by atoms with Crippen LogP contribution in [-0.2, 0) is 88.7 Å². The first-order chi connectivity index (χ1) is 66.0. The molecule has 38 nitrogen and oxygen atoms in total. The third-order valence-electron chi connectivity index (χ3n) is 23.5. The Morgan fingerprint density at radius 3 is 1.13 bits per heavy atom. The van der Waals surface area contributed by atoms with Gasteiger partial charge in [0.25, 0.3) is 41.3 Å². The number of hydrogen-bond donors (Lipinski definition) is 14. The van der Waals surface area contributed by atoms with Gasteiger partial charge in [-0.15, -0.1) is 34.9 Å². The average Bonchev–Trinajstić information content (AvgIpc) is 1.54. The summed E-state index contributed by atoms with van der Waals surface area (Å²) >= 11 is 4.50. The van der Waals surface area contributed by atoms with Gasteiger partial charge in [0, 0.05) is 114 Å². The van der Waals surface area contributed by atoms with Gasteiger partial charge in [-0.2, -0.15) is 0 Å². The average molecular weight is 2020 g/mol. The van der Waals surface area contributed by atoms with E-state index in [0.29, 0.717) is 65.1 Å². The predicted molar refractivity (Wildman–Crippen MR) is 504 cm³/mol. The number of sulfone groups is 4. The van der Waals surface area contributed by atoms with Crippen LogP contribution in [0.3, 0.4) is 0 Å². The molecule has 4 fully saturated rings. The smallest absolute Gasteiger partial charge is 0.307 e. The molecular formula is C92H99N11O27S7. The van der Waals surface area contributed by atoms with Gasteiger partial charge in [0.15, 0.2) is 63.9 Å². The number of hydrogen-bond acceptors (Lipinski definition) is 31. The first kappa shape index (κ1) is 102. The van der Waals surface area contributed by atoms with Crippen molar-refractivity contribution in [1.29, 1.82) is 0 Å². The minimum absolute atomic E-state index is 0.00489. The maximum atomic E-state index is 13.3. The van der Waals surface area contributed by atoms with Crippen molar-refractivity contribution in [3.8, 4) is 11.5 Å². The molecule has 4 saturated heterocycles. The zero-order valence-corrected chi connectivity index (χ0v) is 79.1. The number of carbonyl (C=O) groups excluding carboxylic acids is 8. The number of para-hydroxylation sites is 4. The van der Waals surface area contributed by atoms with Crippen molar-refractivity contribution in [3.05, 3.63) is 234 Å². The number of nitrogens with zero attached hydrogens (tertiary/aromatic N) is 1. The van der Waals surface area contributed by atoms with Crippen LogP contribution in [0.15, 0.2) is 245 Å². The van der Waals surface area contributed by atoms with Crippen molar-refractivity contribution in [1.82, 2.24) is 58.1 Å². The number of hydroxylamine groups is 4. The zero-order valence-electron chi connectivity index (χ0n) is 73.4. The standard InChI is InChI=1S/C24H26N2O7S2.C23H25N3O7S.C23H25N3O6S2.C22H23N3O7S2/c27-22(15-17-16-34-21-4-2-1-3-20(17)21)25-11-14-33-18-5-7-19(8-6-18)35(30,31)24(23(28)26-29)9-12-32-13-10-24;2*27-21(20-15-16-3-1-2-4-19(16)25-20)24-11-14-33-17-5-7-18(8-6-17)34(30,31)23(22(28)26-29)9-12-32-13-10-23;26-19(20-24-17-3-1-2-4-18(17)32-20)23-11-14-33-15-5-7-16(8-6-15)34(29,30)22(21(27)25-28)9-12-31-13-10-22/h1-8,16,29H,9-15H2,(H,25,27)(H,26,28);2*1-8,15,25,29H,9-14H2,(H,24,27)(H,26,28);1-8,28H,9-14H2,(H,23,26)(H,25,27). The van der Waals surface area contributed by atoms with Crippen molar-refractivity contribution in [3.63, 3.8) is 0 Å². The molecule has 12 aromatic rings. The van der Waals surface area contributed by atoms with Crippen molar-refractivity contribution < 1.29 is 126 Å². The lowest BCUT2D eigenvalue weighted by atomic mass is 9.98. The molecule has 8 aromatic carbocycles. The number of nitrogens with one attached hydrogen (secondary N) is 10. The highest BCUT2D eigenvalue weighted by atomic mass is 32.2. The number of thiophene rings is 1. The third kappa shape index (κ3) is 23.3. The molecule has 45 heteroatoms. The molecule has 726 valence electrons. The number of carbonyl (C=O) groups is 8. The van der Waals surface area contributed by atoms with Crippen LogP contribution in [0, 0.1) is 0 Å². The summed E-state index contributed by atoms with van der Waals surface area (Å²) in [5.74, 6) is -2.86. The van der Waals surface area contributed by atoms with Crippen LogP contribution in [0.1, 0.15) is 88.6 Å². The van der Waals surface area contributed by atoms with E-state index in [9.17, 15) is 72.0 Å². The van der Waals surface area contributed by atoms with Crippen LogP contribution in [0.25, 0.3) is 43.0 Å². The first-order valence-electron chi connectivity index (χ1n) is 43.1. The molecular weight excluding hydrogens is 1920 g/mol. The van der Waals surface area contributed by atoms with E-state index >= 15 is 0 Å². The predicted octanol–water partition coefficient (Wildman–Crippen LogP) is 8.97. The molecule has 0 saturated carbocycles. The number of H-pyrrole nitrogens is 2. The van der Waals surface area contributed by atoms with E-state index in [-0.39, 0.29) is 174 Å². The van der Waals surface area contributed by atoms with Gasteiger partial charge < -0.3 is 64.1 Å². The number of benzene rings is 8. The van der Waals surface area contributed by atoms with E-state index in [2.05, 4.69) is 36.2 Å². The minimum Gasteiger partial charge on any atom is -0.492 e. The number of ether oxygens (including phenoxy) is 6. The summed E-state index contributed by atoms with van der Waals surface area (Å²) in [5.41, 5.74) is 10.8. The molecule has 0 unspecified atom stereocenters. The summed E-state index contributed by atoms with van der Waals surface area (Å²) in [6, 6.07) is 57.7. The number of fused-ring (bicyclic) bond motifs is 4. The molecule has 4 aromatic heterocycles. The fourth-order valence-corrected chi connectivity index (χ4v) is 26.1. The second-order valence-electron chi connectivity index (χ2n) is 31.6. The molecule has 8 heterocycles. The largest absolute Gasteiger partial charge is 0.492 e. The molecule has 137 heavy (non-hydrogen) atoms. The summed E-state index contributed by atoms with van der Waals surface area (Å²) in [6.07, 6.45) is -0.1000. The van der Waals surface area contributed by atoms with Gasteiger partial charge in [0.05, 0.1) is 39.1 Å². The second-order valence-corrected chi connectivity index (χ2v) is 43.8. The number of aromatic amines is 2. The Balaban J connectivity index is 0.000000154. The number of amides is 8. The van der Waals surface area contributed by atoms with E-state index in [0.717, 1.165) is 47.2 Å². The van der Waals surface area contributed by atoms with Gasteiger partial charge in [-0.05, 0) is 207 Å². The summed E-state index contributed by atoms with van der Waals surface area (Å²) in [4.78, 5) is 110. The number of oxazole rings is 1. The third-order valence-corrected chi connectivity index (χ3v) is 36.6. The van der Waals surface area contributed by atoms with Gasteiger partial charge in [0.2, 0.25) is 5.91 Å². The lowest BCUT2D eigenvalue weighted by molar-refractivity contribution is -0.135. The highest BCUT2D eigenvalue weighted by molar-refractivity contribution is 7.99. The van der Waals surface area contributed by atoms with E-state index < -0.39 is 87.9 Å². The fourth-order valence-electron chi connectivity index (χ4n) is 15.8. The number of aromatic nitrogens is 3. The van der Waals surface area contributed by atoms with Crippen LogP contribution in [0.4, 0.5) is 0 Å². The monoisotopic (exact) mass is 2010 g/mol. The van der Waals surface area contributed by atoms with Gasteiger partial charge in [-0.1, -0.05) is 66.7 Å². The topological polar surface area (TPSA) is 563 Å². The molecule has 0 radical (unpaired) electrons. The van der Waals surface area contributed by atoms with Crippen molar-refractivity contribution in [2.75, 3.05) is 104 Å². The SMILES string of the molecule is O=C(Cc1csc2ccccc12)NCCOc1ccc(S(=O)(=O)C2(C(=O)NO)CCOCC2)cc1.O=C(NCCOc1ccc(S(=O)(=O)C2(C(=O)NO)CCOCC2)cc1)c1cc2ccccc2[nH]1.O=C(NCCSc1ccc(S(=O)(=O)C2(C(=O)NO)CCOCC2)cc1)c1cc2ccccc2[nH]1.O=C(NCCSc1ccc(S(=O)(=O)C2(C(=O)NO)CCOCC2)cc1)c1nc2ccccc2o1. The molecule has 4 aliphatic rings. The summed E-state index contributed by atoms with van der Waals surface area (Å²) in [7, 11) is -16.3. The number of thioether (sulfide) groups is 2. The van der Waals surface area contributed by atoms with Crippen LogP contribution in [0.5, 0.6) is 11.5 Å². The minimum atomic E-state index is -4.10. The Morgan fingerprint density at radius 2 is 0.745 bits per heavy atom. The second kappa shape index (κ2) is 46.3. The Bertz CT molecular complexity index is 6180. The van der Waals surface area contributed by atoms with Crippen LogP contribution >= 0.6 is 34.9 Å². The maximum absolute atomic E-state index is 13.3. The number of rotatable bonds is 33. The van der Waals surface area contributed by atoms with E-state index in [4.69, 9.17) is 53.7 Å². The lowest BCUT2D eigenvalue weighted by Gasteiger charge is -2.34. The van der Waals surface area contributed by atoms with E-state index in [1.807, 2.05) is 84.2 Å². The molecule has 4 aliphatic heterocycles. The van der Waals surface area contributed by atoms with Crippen molar-refractivity contribution >= 4 is 164 Å². The highest BCUT2D eigenvalue weighted by Crippen LogP contribution is 2.41. The lowest BCUT2D eigenvalue weighted by Crippen LogP contribution is -2.54. The quantitative estimate of drug-likeness (QED) is 0.00789. The highest BCUT2D eigenvalue weighted by Gasteiger charge is 2.56. The van der Waals surface area contributed by atoms with Gasteiger partial charge in [-0.25, -0.2) is 60.6 Å². The molecule has 8 amide bonds. The molecule has 14 N–H and O–H groups in total. The van der Waals surface area contributed by atoms with Crippen molar-refractivity contribution in [2.45, 2.75) is 106 Å². The summed E-state index contributed by atoms with van der Waals surface area (Å²) in [5, 5.41) is 52.7. The Morgan fingerprint density at radius 1 is 0.401 bits per heavy atom. The Kier molecular flexibility index (Phi) is 34.6. The molecule has 0 spiro atoms. The van der Waals surface area contributed by atoms with Crippen molar-refractivity contribution in [2.24, 2.45) is 0 Å². The van der Waals surface area contributed by atoms with Gasteiger partial charge in [-0.3, -0.25) is 59.2 Å². The van der Waals surface area contributed by atoms with Crippen LogP contribution < -0.4 is 52.7 Å². The molecule has 0 atom stereocenters. The first-order valence-corrected chi connectivity index (χ1v) is 51.8. The summed E-state index contributed by atoms with van der Waals surface area (Å²) < 4.78 is 138. The molecule has 16 rings (SSSR count). The van der Waals surface area contributed by atoms with E-state index in [1.165, 1.54) is 118 Å². The van der Waals surface area contributed by atoms with Gasteiger partial charge in [0.1, 0.15) is 41.6 Å².